The van der Waals surface area contributed by atoms with E-state index in [-0.39, 0.29) is 34.5 Å². The van der Waals surface area contributed by atoms with Gasteiger partial charge in [0.15, 0.2) is 0 Å². The zero-order valence-corrected chi connectivity index (χ0v) is 27.9. The molecule has 0 aliphatic carbocycles. The normalized spacial score (nSPS) is 11.9. The molecule has 11 heteroatoms. The van der Waals surface area contributed by atoms with Crippen molar-refractivity contribution < 1.29 is 18.0 Å². The number of hydrogen-bond acceptors (Lipinski definition) is 4. The fraction of sp³-hybridized carbons (Fsp3) is 0.212. The summed E-state index contributed by atoms with van der Waals surface area (Å²) in [4.78, 5) is 29.5. The Balaban J connectivity index is 1.81. The molecular weight excluding hydrogens is 685 g/mol. The molecule has 4 aromatic carbocycles. The van der Waals surface area contributed by atoms with Crippen LogP contribution in [0, 0.1) is 0 Å². The number of halogens is 3. The summed E-state index contributed by atoms with van der Waals surface area (Å²) in [5.74, 6) is -0.908. The van der Waals surface area contributed by atoms with Gasteiger partial charge in [-0.3, -0.25) is 13.9 Å². The molecule has 7 nitrogen and oxygen atoms in total. The highest BCUT2D eigenvalue weighted by Crippen LogP contribution is 2.33. The lowest BCUT2D eigenvalue weighted by Gasteiger charge is -2.34. The standard InChI is InChI=1S/C33H32BrCl2N3O4S/c1-2-19-37-33(41)31(20-24-9-5-3-6-10-24)38(22-25-13-15-26(34)16-14-25)32(40)23-39(30-18-17-27(35)21-29(30)36)44(42,43)28-11-7-4-8-12-28/h3-18,21,31H,2,19-20,22-23H2,1H3,(H,37,41)/t31-/m0/s1. The molecule has 2 amide bonds. The van der Waals surface area contributed by atoms with Gasteiger partial charge in [0, 0.05) is 29.0 Å². The maximum absolute atomic E-state index is 14.4. The molecule has 0 saturated heterocycles. The van der Waals surface area contributed by atoms with E-state index in [0.717, 1.165) is 19.9 Å². The average molecular weight is 718 g/mol. The highest BCUT2D eigenvalue weighted by atomic mass is 79.9. The van der Waals surface area contributed by atoms with Crippen molar-refractivity contribution in [3.05, 3.63) is 129 Å². The van der Waals surface area contributed by atoms with Crippen LogP contribution in [-0.2, 0) is 32.6 Å². The minimum absolute atomic E-state index is 0.0141. The Hall–Kier alpha value is -3.37. The van der Waals surface area contributed by atoms with Gasteiger partial charge in [0.05, 0.1) is 15.6 Å². The van der Waals surface area contributed by atoms with Crippen molar-refractivity contribution in [3.8, 4) is 0 Å². The first-order chi connectivity index (χ1) is 21.1. The minimum Gasteiger partial charge on any atom is -0.354 e. The Kier molecular flexibility index (Phi) is 11.9. The van der Waals surface area contributed by atoms with Gasteiger partial charge in [-0.25, -0.2) is 8.42 Å². The summed E-state index contributed by atoms with van der Waals surface area (Å²) in [5.41, 5.74) is 1.71. The number of sulfonamides is 1. The fourth-order valence-corrected chi connectivity index (χ4v) is 6.90. The van der Waals surface area contributed by atoms with Gasteiger partial charge >= 0.3 is 0 Å². The van der Waals surface area contributed by atoms with Crippen molar-refractivity contribution in [1.29, 1.82) is 0 Å². The van der Waals surface area contributed by atoms with Gasteiger partial charge in [0.2, 0.25) is 11.8 Å². The van der Waals surface area contributed by atoms with Crippen molar-refractivity contribution >= 4 is 66.7 Å². The molecule has 0 aliphatic heterocycles. The fourth-order valence-electron chi connectivity index (χ4n) is 4.62. The predicted molar refractivity (Wildman–Crippen MR) is 179 cm³/mol. The van der Waals surface area contributed by atoms with Crippen LogP contribution >= 0.6 is 39.1 Å². The van der Waals surface area contributed by atoms with Gasteiger partial charge < -0.3 is 10.2 Å². The molecule has 0 fully saturated rings. The molecule has 4 rings (SSSR count). The second-order valence-electron chi connectivity index (χ2n) is 10.1. The lowest BCUT2D eigenvalue weighted by molar-refractivity contribution is -0.140. The Bertz CT molecular complexity index is 1670. The molecule has 0 bridgehead atoms. The summed E-state index contributed by atoms with van der Waals surface area (Å²) in [6.07, 6.45) is 0.939. The summed E-state index contributed by atoms with van der Waals surface area (Å²) in [5, 5.41) is 3.31. The number of nitrogens with zero attached hydrogens (tertiary/aromatic N) is 2. The zero-order chi connectivity index (χ0) is 31.7. The monoisotopic (exact) mass is 715 g/mol. The number of nitrogens with one attached hydrogen (secondary N) is 1. The molecule has 1 N–H and O–H groups in total. The molecular formula is C33H32BrCl2N3O4S. The van der Waals surface area contributed by atoms with Crippen LogP contribution in [0.2, 0.25) is 10.0 Å². The van der Waals surface area contributed by atoms with Crippen LogP contribution in [0.15, 0.2) is 112 Å². The number of hydrogen-bond donors (Lipinski definition) is 1. The van der Waals surface area contributed by atoms with E-state index >= 15 is 0 Å². The molecule has 0 heterocycles. The minimum atomic E-state index is -4.26. The summed E-state index contributed by atoms with van der Waals surface area (Å²) in [7, 11) is -4.26. The highest BCUT2D eigenvalue weighted by Gasteiger charge is 2.35. The SMILES string of the molecule is CCCNC(=O)[C@H](Cc1ccccc1)N(Cc1ccc(Br)cc1)C(=O)CN(c1ccc(Cl)cc1Cl)S(=O)(=O)c1ccccc1. The molecule has 230 valence electrons. The van der Waals surface area contributed by atoms with Crippen LogP contribution in [0.5, 0.6) is 0 Å². The van der Waals surface area contributed by atoms with E-state index in [2.05, 4.69) is 21.2 Å². The summed E-state index contributed by atoms with van der Waals surface area (Å²) in [6.45, 7) is 1.83. The third-order valence-corrected chi connectivity index (χ3v) is 9.72. The topological polar surface area (TPSA) is 86.8 Å². The van der Waals surface area contributed by atoms with Gasteiger partial charge in [-0.2, -0.15) is 0 Å². The second-order valence-corrected chi connectivity index (χ2v) is 13.7. The summed E-state index contributed by atoms with van der Waals surface area (Å²) < 4.78 is 29.9. The third-order valence-electron chi connectivity index (χ3n) is 6.87. The molecule has 0 unspecified atom stereocenters. The Labute approximate surface area is 277 Å². The third kappa shape index (κ3) is 8.63. The van der Waals surface area contributed by atoms with Gasteiger partial charge in [0.25, 0.3) is 10.0 Å². The van der Waals surface area contributed by atoms with E-state index in [1.807, 2.05) is 61.5 Å². The quantitative estimate of drug-likeness (QED) is 0.160. The smallest absolute Gasteiger partial charge is 0.264 e. The number of anilines is 1. The van der Waals surface area contributed by atoms with Crippen molar-refractivity contribution in [2.45, 2.75) is 37.2 Å². The molecule has 0 spiro atoms. The van der Waals surface area contributed by atoms with E-state index in [4.69, 9.17) is 23.2 Å². The van der Waals surface area contributed by atoms with E-state index in [9.17, 15) is 18.0 Å². The van der Waals surface area contributed by atoms with E-state index < -0.39 is 28.5 Å². The van der Waals surface area contributed by atoms with Gasteiger partial charge in [-0.1, -0.05) is 107 Å². The lowest BCUT2D eigenvalue weighted by atomic mass is 10.0. The summed E-state index contributed by atoms with van der Waals surface area (Å²) in [6, 6.07) is 28.1. The van der Waals surface area contributed by atoms with Gasteiger partial charge in [-0.15, -0.1) is 0 Å². The highest BCUT2D eigenvalue weighted by molar-refractivity contribution is 9.10. The number of carbonyl (C=O) groups excluding carboxylic acids is 2. The second kappa shape index (κ2) is 15.6. The lowest BCUT2D eigenvalue weighted by Crippen LogP contribution is -2.53. The van der Waals surface area contributed by atoms with Crippen LogP contribution < -0.4 is 9.62 Å². The van der Waals surface area contributed by atoms with Gasteiger partial charge in [-0.05, 0) is 60.0 Å². The first-order valence-electron chi connectivity index (χ1n) is 14.0. The molecule has 1 atom stereocenters. The predicted octanol–water partition coefficient (Wildman–Crippen LogP) is 7.12. The molecule has 0 saturated carbocycles. The zero-order valence-electron chi connectivity index (χ0n) is 24.0. The van der Waals surface area contributed by atoms with Crippen LogP contribution in [-0.4, -0.2) is 44.3 Å². The summed E-state index contributed by atoms with van der Waals surface area (Å²) >= 11 is 16.1. The molecule has 4 aromatic rings. The van der Waals surface area contributed by atoms with E-state index in [1.165, 1.54) is 35.2 Å². The van der Waals surface area contributed by atoms with Crippen LogP contribution in [0.3, 0.4) is 0 Å². The van der Waals surface area contributed by atoms with E-state index in [1.54, 1.807) is 18.2 Å². The van der Waals surface area contributed by atoms with Gasteiger partial charge in [0.1, 0.15) is 12.6 Å². The van der Waals surface area contributed by atoms with E-state index in [0.29, 0.717) is 18.0 Å². The average Bonchev–Trinajstić information content (AvgIpc) is 3.02. The Morgan fingerprint density at radius 2 is 1.50 bits per heavy atom. The maximum atomic E-state index is 14.4. The largest absolute Gasteiger partial charge is 0.354 e. The van der Waals surface area contributed by atoms with Crippen molar-refractivity contribution in [2.75, 3.05) is 17.4 Å². The Morgan fingerprint density at radius 1 is 0.864 bits per heavy atom. The van der Waals surface area contributed by atoms with Crippen molar-refractivity contribution in [1.82, 2.24) is 10.2 Å². The van der Waals surface area contributed by atoms with Crippen LogP contribution in [0.4, 0.5) is 5.69 Å². The van der Waals surface area contributed by atoms with Crippen molar-refractivity contribution in [3.63, 3.8) is 0 Å². The number of amides is 2. The number of carbonyl (C=O) groups is 2. The molecule has 44 heavy (non-hydrogen) atoms. The molecule has 0 radical (unpaired) electrons. The maximum Gasteiger partial charge on any atom is 0.264 e. The Morgan fingerprint density at radius 3 is 2.11 bits per heavy atom. The first-order valence-corrected chi connectivity index (χ1v) is 17.0. The van der Waals surface area contributed by atoms with Crippen molar-refractivity contribution in [2.24, 2.45) is 0 Å². The molecule has 0 aromatic heterocycles. The first kappa shape index (κ1) is 33.5. The number of benzene rings is 4. The van der Waals surface area contributed by atoms with Crippen LogP contribution in [0.25, 0.3) is 0 Å². The van der Waals surface area contributed by atoms with Crippen LogP contribution in [0.1, 0.15) is 24.5 Å². The molecule has 0 aliphatic rings. The number of rotatable bonds is 13.